The Bertz CT molecular complexity index is 788. The van der Waals surface area contributed by atoms with Crippen LogP contribution in [0.15, 0.2) is 29.2 Å². The Morgan fingerprint density at radius 1 is 1.24 bits per heavy atom. The number of thiophene rings is 1. The number of carbonyl (C=O) groups is 1. The van der Waals surface area contributed by atoms with Gasteiger partial charge in [0.1, 0.15) is 0 Å². The SMILES string of the molecule is Cc1ccc(S(C)(=O)=O)cc1NC(=O)c1cc(N)c(C)s1. The van der Waals surface area contributed by atoms with Crippen LogP contribution in [0.2, 0.25) is 0 Å². The molecule has 1 aromatic carbocycles. The number of aryl methyl sites for hydroxylation is 2. The summed E-state index contributed by atoms with van der Waals surface area (Å²) in [6, 6.07) is 6.27. The molecule has 1 aromatic heterocycles. The highest BCUT2D eigenvalue weighted by Crippen LogP contribution is 2.26. The minimum atomic E-state index is -3.31. The normalized spacial score (nSPS) is 11.4. The van der Waals surface area contributed by atoms with Gasteiger partial charge in [-0.1, -0.05) is 6.07 Å². The molecule has 2 rings (SSSR count). The molecular weight excluding hydrogens is 308 g/mol. The zero-order valence-electron chi connectivity index (χ0n) is 11.9. The van der Waals surface area contributed by atoms with Gasteiger partial charge < -0.3 is 11.1 Å². The van der Waals surface area contributed by atoms with Crippen molar-refractivity contribution in [3.8, 4) is 0 Å². The van der Waals surface area contributed by atoms with E-state index in [0.29, 0.717) is 16.3 Å². The zero-order valence-corrected chi connectivity index (χ0v) is 13.6. The molecule has 0 bridgehead atoms. The molecule has 21 heavy (non-hydrogen) atoms. The van der Waals surface area contributed by atoms with Crippen LogP contribution in [0.3, 0.4) is 0 Å². The van der Waals surface area contributed by atoms with Gasteiger partial charge in [0.05, 0.1) is 9.77 Å². The van der Waals surface area contributed by atoms with Crippen LogP contribution in [0.25, 0.3) is 0 Å². The summed E-state index contributed by atoms with van der Waals surface area (Å²) in [6.45, 7) is 3.64. The lowest BCUT2D eigenvalue weighted by atomic mass is 10.2. The molecule has 2 aromatic rings. The van der Waals surface area contributed by atoms with Gasteiger partial charge in [-0.2, -0.15) is 0 Å². The van der Waals surface area contributed by atoms with Crippen molar-refractivity contribution in [2.75, 3.05) is 17.3 Å². The van der Waals surface area contributed by atoms with Crippen molar-refractivity contribution in [1.82, 2.24) is 0 Å². The third kappa shape index (κ3) is 3.43. The monoisotopic (exact) mass is 324 g/mol. The minimum absolute atomic E-state index is 0.172. The number of sulfone groups is 1. The highest BCUT2D eigenvalue weighted by atomic mass is 32.2. The summed E-state index contributed by atoms with van der Waals surface area (Å²) in [4.78, 5) is 13.7. The summed E-state index contributed by atoms with van der Waals surface area (Å²) < 4.78 is 23.1. The average molecular weight is 324 g/mol. The number of carbonyl (C=O) groups excluding carboxylic acids is 1. The smallest absolute Gasteiger partial charge is 0.265 e. The number of nitrogens with one attached hydrogen (secondary N) is 1. The molecule has 0 saturated heterocycles. The third-order valence-corrected chi connectivity index (χ3v) is 5.24. The van der Waals surface area contributed by atoms with E-state index in [2.05, 4.69) is 5.32 Å². The molecule has 0 atom stereocenters. The molecule has 1 amide bonds. The van der Waals surface area contributed by atoms with E-state index in [1.807, 2.05) is 6.92 Å². The molecule has 0 unspecified atom stereocenters. The van der Waals surface area contributed by atoms with Crippen molar-refractivity contribution < 1.29 is 13.2 Å². The van der Waals surface area contributed by atoms with Crippen molar-refractivity contribution >= 4 is 38.5 Å². The van der Waals surface area contributed by atoms with E-state index in [0.717, 1.165) is 16.7 Å². The van der Waals surface area contributed by atoms with Gasteiger partial charge in [0.25, 0.3) is 5.91 Å². The van der Waals surface area contributed by atoms with Gasteiger partial charge in [-0.25, -0.2) is 8.42 Å². The van der Waals surface area contributed by atoms with Crippen LogP contribution >= 0.6 is 11.3 Å². The first-order valence-electron chi connectivity index (χ1n) is 6.16. The van der Waals surface area contributed by atoms with Crippen molar-refractivity contribution in [3.05, 3.63) is 39.6 Å². The molecule has 0 aliphatic rings. The van der Waals surface area contributed by atoms with Crippen LogP contribution < -0.4 is 11.1 Å². The Labute approximate surface area is 127 Å². The number of rotatable bonds is 3. The van der Waals surface area contributed by atoms with Crippen LogP contribution in [-0.2, 0) is 9.84 Å². The predicted octanol–water partition coefficient (Wildman–Crippen LogP) is 2.60. The number of hydrogen-bond donors (Lipinski definition) is 2. The fraction of sp³-hybridized carbons (Fsp3) is 0.214. The number of benzene rings is 1. The van der Waals surface area contributed by atoms with Gasteiger partial charge in [-0.05, 0) is 37.6 Å². The first-order chi connectivity index (χ1) is 9.68. The van der Waals surface area contributed by atoms with E-state index in [9.17, 15) is 13.2 Å². The fourth-order valence-corrected chi connectivity index (χ4v) is 3.24. The van der Waals surface area contributed by atoms with E-state index in [4.69, 9.17) is 5.73 Å². The second-order valence-corrected chi connectivity index (χ2v) is 8.10. The highest BCUT2D eigenvalue weighted by Gasteiger charge is 2.14. The second-order valence-electron chi connectivity index (χ2n) is 4.83. The molecule has 0 aliphatic heterocycles. The highest BCUT2D eigenvalue weighted by molar-refractivity contribution is 7.90. The molecule has 0 spiro atoms. The van der Waals surface area contributed by atoms with Crippen molar-refractivity contribution in [3.63, 3.8) is 0 Å². The van der Waals surface area contributed by atoms with Gasteiger partial charge in [-0.15, -0.1) is 11.3 Å². The Hall–Kier alpha value is -1.86. The summed E-state index contributed by atoms with van der Waals surface area (Å²) in [6.07, 6.45) is 1.13. The first kappa shape index (κ1) is 15.5. The molecule has 112 valence electrons. The molecule has 5 nitrogen and oxygen atoms in total. The van der Waals surface area contributed by atoms with Crippen LogP contribution in [-0.4, -0.2) is 20.6 Å². The van der Waals surface area contributed by atoms with Crippen LogP contribution in [0.1, 0.15) is 20.1 Å². The Morgan fingerprint density at radius 2 is 1.90 bits per heavy atom. The van der Waals surface area contributed by atoms with E-state index in [1.54, 1.807) is 19.1 Å². The summed E-state index contributed by atoms with van der Waals surface area (Å²) in [5.74, 6) is -0.298. The largest absolute Gasteiger partial charge is 0.398 e. The first-order valence-corrected chi connectivity index (χ1v) is 8.87. The number of anilines is 2. The summed E-state index contributed by atoms with van der Waals surface area (Å²) in [5, 5.41) is 2.73. The van der Waals surface area contributed by atoms with Crippen LogP contribution in [0.5, 0.6) is 0 Å². The molecule has 0 saturated carbocycles. The van der Waals surface area contributed by atoms with Gasteiger partial charge >= 0.3 is 0 Å². The molecule has 7 heteroatoms. The van der Waals surface area contributed by atoms with Crippen LogP contribution in [0, 0.1) is 13.8 Å². The Balaban J connectivity index is 2.33. The number of hydrogen-bond acceptors (Lipinski definition) is 5. The maximum Gasteiger partial charge on any atom is 0.265 e. The van der Waals surface area contributed by atoms with E-state index in [-0.39, 0.29) is 10.8 Å². The number of amides is 1. The lowest BCUT2D eigenvalue weighted by Crippen LogP contribution is -2.12. The molecule has 0 radical (unpaired) electrons. The van der Waals surface area contributed by atoms with Gasteiger partial charge in [0.2, 0.25) is 0 Å². The van der Waals surface area contributed by atoms with Gasteiger partial charge in [0.15, 0.2) is 9.84 Å². The van der Waals surface area contributed by atoms with Crippen molar-refractivity contribution in [1.29, 1.82) is 0 Å². The minimum Gasteiger partial charge on any atom is -0.398 e. The lowest BCUT2D eigenvalue weighted by Gasteiger charge is -2.09. The third-order valence-electron chi connectivity index (χ3n) is 3.07. The Kier molecular flexibility index (Phi) is 4.06. The fourth-order valence-electron chi connectivity index (χ4n) is 1.76. The zero-order chi connectivity index (χ0) is 15.8. The maximum absolute atomic E-state index is 12.2. The number of nitrogen functional groups attached to an aromatic ring is 1. The molecule has 1 heterocycles. The summed E-state index contributed by atoms with van der Waals surface area (Å²) >= 11 is 1.30. The molecule has 3 N–H and O–H groups in total. The van der Waals surface area contributed by atoms with E-state index >= 15 is 0 Å². The molecule has 0 fully saturated rings. The quantitative estimate of drug-likeness (QED) is 0.908. The lowest BCUT2D eigenvalue weighted by molar-refractivity contribution is 0.103. The van der Waals surface area contributed by atoms with E-state index < -0.39 is 9.84 Å². The second kappa shape index (κ2) is 5.50. The van der Waals surface area contributed by atoms with Gasteiger partial charge in [-0.3, -0.25) is 4.79 Å². The summed E-state index contributed by atoms with van der Waals surface area (Å²) in [7, 11) is -3.31. The Morgan fingerprint density at radius 3 is 2.43 bits per heavy atom. The van der Waals surface area contributed by atoms with Crippen LogP contribution in [0.4, 0.5) is 11.4 Å². The average Bonchev–Trinajstić information content (AvgIpc) is 2.71. The van der Waals surface area contributed by atoms with Gasteiger partial charge in [0, 0.05) is 22.5 Å². The topological polar surface area (TPSA) is 89.3 Å². The predicted molar refractivity (Wildman–Crippen MR) is 85.7 cm³/mol. The maximum atomic E-state index is 12.2. The standard InChI is InChI=1S/C14H16N2O3S2/c1-8-4-5-10(21(3,18)19)6-12(8)16-14(17)13-7-11(15)9(2)20-13/h4-7H,15H2,1-3H3,(H,16,17). The molecular formula is C14H16N2O3S2. The summed E-state index contributed by atoms with van der Waals surface area (Å²) in [5.41, 5.74) is 7.58. The van der Waals surface area contributed by atoms with Crippen molar-refractivity contribution in [2.24, 2.45) is 0 Å². The molecule has 0 aliphatic carbocycles. The van der Waals surface area contributed by atoms with E-state index in [1.165, 1.54) is 23.5 Å². The number of nitrogens with two attached hydrogens (primary N) is 1. The van der Waals surface area contributed by atoms with Crippen molar-refractivity contribution in [2.45, 2.75) is 18.7 Å².